The van der Waals surface area contributed by atoms with Crippen molar-refractivity contribution in [3.8, 4) is 22.7 Å². The molecule has 0 radical (unpaired) electrons. The highest BCUT2D eigenvalue weighted by Gasteiger charge is 2.12. The maximum absolute atomic E-state index is 12.3. The quantitative estimate of drug-likeness (QED) is 0.401. The SMILES string of the molecule is Nc1ccccc1-c1nnc(SCc2nnc(-c3ccccc3)o2)[nH]c1=O. The predicted molar refractivity (Wildman–Crippen MR) is 102 cm³/mol. The van der Waals surface area contributed by atoms with Gasteiger partial charge in [-0.2, -0.15) is 0 Å². The molecule has 0 unspecified atom stereocenters. The monoisotopic (exact) mass is 378 g/mol. The van der Waals surface area contributed by atoms with Crippen molar-refractivity contribution in [1.82, 2.24) is 25.4 Å². The molecule has 0 amide bonds. The predicted octanol–water partition coefficient (Wildman–Crippen LogP) is 2.76. The zero-order chi connectivity index (χ0) is 18.6. The van der Waals surface area contributed by atoms with Crippen LogP contribution in [-0.4, -0.2) is 25.4 Å². The smallest absolute Gasteiger partial charge is 0.278 e. The van der Waals surface area contributed by atoms with Crippen LogP contribution in [0.4, 0.5) is 5.69 Å². The van der Waals surface area contributed by atoms with Crippen molar-refractivity contribution in [2.24, 2.45) is 0 Å². The van der Waals surface area contributed by atoms with E-state index < -0.39 is 0 Å². The Hall–Kier alpha value is -3.46. The van der Waals surface area contributed by atoms with Crippen LogP contribution >= 0.6 is 11.8 Å². The highest BCUT2D eigenvalue weighted by atomic mass is 32.2. The summed E-state index contributed by atoms with van der Waals surface area (Å²) in [6, 6.07) is 16.5. The van der Waals surface area contributed by atoms with Gasteiger partial charge in [0.1, 0.15) is 0 Å². The zero-order valence-electron chi connectivity index (χ0n) is 14.0. The Balaban J connectivity index is 1.48. The van der Waals surface area contributed by atoms with Crippen LogP contribution in [-0.2, 0) is 5.75 Å². The first-order valence-electron chi connectivity index (χ1n) is 8.03. The number of hydrogen-bond acceptors (Lipinski definition) is 8. The van der Waals surface area contributed by atoms with E-state index in [0.29, 0.717) is 33.9 Å². The van der Waals surface area contributed by atoms with E-state index in [4.69, 9.17) is 10.2 Å². The van der Waals surface area contributed by atoms with E-state index in [1.165, 1.54) is 11.8 Å². The molecule has 0 aliphatic rings. The van der Waals surface area contributed by atoms with Gasteiger partial charge in [-0.25, -0.2) is 0 Å². The van der Waals surface area contributed by atoms with Gasteiger partial charge in [-0.1, -0.05) is 48.2 Å². The average Bonchev–Trinajstić information content (AvgIpc) is 3.17. The zero-order valence-corrected chi connectivity index (χ0v) is 14.8. The van der Waals surface area contributed by atoms with Gasteiger partial charge in [-0.3, -0.25) is 9.78 Å². The number of hydrogen-bond donors (Lipinski definition) is 2. The number of nitrogen functional groups attached to an aromatic ring is 1. The third-order valence-corrected chi connectivity index (χ3v) is 4.56. The Morgan fingerprint density at radius 1 is 0.963 bits per heavy atom. The molecule has 2 aromatic carbocycles. The number of aromatic amines is 1. The van der Waals surface area contributed by atoms with Gasteiger partial charge in [0.05, 0.1) is 5.75 Å². The van der Waals surface area contributed by atoms with Crippen LogP contribution < -0.4 is 11.3 Å². The topological polar surface area (TPSA) is 124 Å². The Bertz CT molecular complexity index is 1130. The molecular weight excluding hydrogens is 364 g/mol. The van der Waals surface area contributed by atoms with Gasteiger partial charge in [0.25, 0.3) is 5.56 Å². The molecule has 134 valence electrons. The number of anilines is 1. The number of H-pyrrole nitrogens is 1. The normalized spacial score (nSPS) is 10.8. The van der Waals surface area contributed by atoms with Crippen molar-refractivity contribution in [3.05, 3.63) is 70.8 Å². The molecule has 9 heteroatoms. The molecule has 4 aromatic rings. The van der Waals surface area contributed by atoms with Crippen LogP contribution in [0.25, 0.3) is 22.7 Å². The molecule has 0 spiro atoms. The number of nitrogens with zero attached hydrogens (tertiary/aromatic N) is 4. The van der Waals surface area contributed by atoms with Crippen LogP contribution in [0.1, 0.15) is 5.89 Å². The van der Waals surface area contributed by atoms with Gasteiger partial charge >= 0.3 is 0 Å². The van der Waals surface area contributed by atoms with Gasteiger partial charge in [0.15, 0.2) is 10.9 Å². The number of thioether (sulfide) groups is 1. The Morgan fingerprint density at radius 2 is 1.74 bits per heavy atom. The van der Waals surface area contributed by atoms with Gasteiger partial charge in [-0.05, 0) is 18.2 Å². The van der Waals surface area contributed by atoms with Gasteiger partial charge in [-0.15, -0.1) is 20.4 Å². The van der Waals surface area contributed by atoms with Crippen LogP contribution in [0.15, 0.2) is 69.0 Å². The number of aromatic nitrogens is 5. The minimum atomic E-state index is -0.360. The third kappa shape index (κ3) is 3.72. The lowest BCUT2D eigenvalue weighted by molar-refractivity contribution is 0.528. The van der Waals surface area contributed by atoms with Crippen molar-refractivity contribution in [3.63, 3.8) is 0 Å². The fourth-order valence-electron chi connectivity index (χ4n) is 2.42. The van der Waals surface area contributed by atoms with Crippen LogP contribution in [0.5, 0.6) is 0 Å². The van der Waals surface area contributed by atoms with E-state index in [-0.39, 0.29) is 11.3 Å². The van der Waals surface area contributed by atoms with Crippen molar-refractivity contribution in [1.29, 1.82) is 0 Å². The minimum absolute atomic E-state index is 0.182. The first kappa shape index (κ1) is 17.0. The summed E-state index contributed by atoms with van der Waals surface area (Å²) >= 11 is 1.25. The summed E-state index contributed by atoms with van der Waals surface area (Å²) in [6.45, 7) is 0. The summed E-state index contributed by atoms with van der Waals surface area (Å²) < 4.78 is 5.63. The van der Waals surface area contributed by atoms with Gasteiger partial charge < -0.3 is 10.2 Å². The fraction of sp³-hybridized carbons (Fsp3) is 0.0556. The van der Waals surface area contributed by atoms with Crippen molar-refractivity contribution < 1.29 is 4.42 Å². The first-order valence-corrected chi connectivity index (χ1v) is 9.02. The summed E-state index contributed by atoms with van der Waals surface area (Å²) in [5, 5.41) is 16.5. The van der Waals surface area contributed by atoms with Crippen molar-refractivity contribution >= 4 is 17.4 Å². The Kier molecular flexibility index (Phi) is 4.67. The second-order valence-electron chi connectivity index (χ2n) is 5.55. The molecule has 2 aromatic heterocycles. The minimum Gasteiger partial charge on any atom is -0.420 e. The Morgan fingerprint density at radius 3 is 2.52 bits per heavy atom. The van der Waals surface area contributed by atoms with E-state index in [0.717, 1.165) is 5.56 Å². The maximum atomic E-state index is 12.3. The molecule has 0 saturated heterocycles. The standard InChI is InChI=1S/C18H14N6O2S/c19-13-9-5-4-8-12(13)15-16(25)20-18(24-22-15)27-10-14-21-23-17(26-14)11-6-2-1-3-7-11/h1-9H,10,19H2,(H,20,24,25). The molecule has 0 atom stereocenters. The van der Waals surface area contributed by atoms with Gasteiger partial charge in [0, 0.05) is 16.8 Å². The Labute approximate surface area is 157 Å². The molecular formula is C18H14N6O2S. The summed E-state index contributed by atoms with van der Waals surface area (Å²) in [6.07, 6.45) is 0. The van der Waals surface area contributed by atoms with Crippen molar-refractivity contribution in [2.45, 2.75) is 10.9 Å². The number of benzene rings is 2. The van der Waals surface area contributed by atoms with Crippen molar-refractivity contribution in [2.75, 3.05) is 5.73 Å². The number of nitrogens with two attached hydrogens (primary N) is 1. The number of rotatable bonds is 5. The molecule has 2 heterocycles. The summed E-state index contributed by atoms with van der Waals surface area (Å²) in [4.78, 5) is 15.0. The summed E-state index contributed by atoms with van der Waals surface area (Å²) in [5.74, 6) is 1.23. The van der Waals surface area contributed by atoms with Gasteiger partial charge in [0.2, 0.25) is 11.8 Å². The summed E-state index contributed by atoms with van der Waals surface area (Å²) in [5.41, 5.74) is 7.58. The molecule has 0 bridgehead atoms. The second kappa shape index (κ2) is 7.42. The molecule has 3 N–H and O–H groups in total. The lowest BCUT2D eigenvalue weighted by Crippen LogP contribution is -2.14. The largest absolute Gasteiger partial charge is 0.420 e. The molecule has 27 heavy (non-hydrogen) atoms. The van der Waals surface area contributed by atoms with E-state index >= 15 is 0 Å². The third-order valence-electron chi connectivity index (χ3n) is 3.71. The molecule has 0 aliphatic carbocycles. The van der Waals surface area contributed by atoms with Crippen LogP contribution in [0.3, 0.4) is 0 Å². The lowest BCUT2D eigenvalue weighted by Gasteiger charge is -2.03. The van der Waals surface area contributed by atoms with Crippen LogP contribution in [0, 0.1) is 0 Å². The summed E-state index contributed by atoms with van der Waals surface area (Å²) in [7, 11) is 0. The molecule has 0 saturated carbocycles. The molecule has 0 aliphatic heterocycles. The van der Waals surface area contributed by atoms with E-state index in [1.807, 2.05) is 30.3 Å². The number of nitrogens with one attached hydrogen (secondary N) is 1. The molecule has 8 nitrogen and oxygen atoms in total. The van der Waals surface area contributed by atoms with E-state index in [9.17, 15) is 4.79 Å². The second-order valence-corrected chi connectivity index (χ2v) is 6.51. The lowest BCUT2D eigenvalue weighted by atomic mass is 10.1. The molecule has 4 rings (SSSR count). The first-order chi connectivity index (χ1) is 13.2. The van der Waals surface area contributed by atoms with E-state index in [1.54, 1.807) is 24.3 Å². The number of para-hydroxylation sites is 1. The average molecular weight is 378 g/mol. The molecule has 0 fully saturated rings. The maximum Gasteiger partial charge on any atom is 0.278 e. The fourth-order valence-corrected chi connectivity index (χ4v) is 3.06. The highest BCUT2D eigenvalue weighted by molar-refractivity contribution is 7.98. The van der Waals surface area contributed by atoms with Crippen LogP contribution in [0.2, 0.25) is 0 Å². The highest BCUT2D eigenvalue weighted by Crippen LogP contribution is 2.23. The van der Waals surface area contributed by atoms with E-state index in [2.05, 4.69) is 25.4 Å².